The van der Waals surface area contributed by atoms with Crippen LogP contribution in [0.5, 0.6) is 0 Å². The van der Waals surface area contributed by atoms with Crippen molar-refractivity contribution in [3.05, 3.63) is 35.9 Å². The van der Waals surface area contributed by atoms with Crippen molar-refractivity contribution in [1.82, 2.24) is 0 Å². The van der Waals surface area contributed by atoms with Gasteiger partial charge in [0.05, 0.1) is 20.1 Å². The number of piperidine rings is 1. The molecule has 1 fully saturated rings. The van der Waals surface area contributed by atoms with Gasteiger partial charge in [-0.1, -0.05) is 50.1 Å². The van der Waals surface area contributed by atoms with Crippen LogP contribution in [0.1, 0.15) is 50.5 Å². The SMILES string of the molecule is CCCCC(O)C[N+]1(C)CCC(c2ccccc2)CC1.[I-]. The molecule has 0 aliphatic carbocycles. The van der Waals surface area contributed by atoms with Crippen LogP contribution in [-0.2, 0) is 0 Å². The number of hydrogen-bond acceptors (Lipinski definition) is 1. The molecular weight excluding hydrogens is 373 g/mol. The molecule has 0 bridgehead atoms. The number of aliphatic hydroxyl groups excluding tert-OH is 1. The summed E-state index contributed by atoms with van der Waals surface area (Å²) in [5.74, 6) is 0.718. The summed E-state index contributed by atoms with van der Waals surface area (Å²) < 4.78 is 1.05. The van der Waals surface area contributed by atoms with Crippen LogP contribution in [0.3, 0.4) is 0 Å². The molecule has 1 aromatic rings. The molecule has 0 amide bonds. The van der Waals surface area contributed by atoms with E-state index in [0.29, 0.717) is 0 Å². The predicted molar refractivity (Wildman–Crippen MR) is 84.7 cm³/mol. The van der Waals surface area contributed by atoms with Crippen molar-refractivity contribution in [2.24, 2.45) is 0 Å². The number of hydrogen-bond donors (Lipinski definition) is 1. The molecule has 0 spiro atoms. The van der Waals surface area contributed by atoms with E-state index in [-0.39, 0.29) is 30.1 Å². The normalized spacial score (nSPS) is 26.9. The smallest absolute Gasteiger partial charge is 0.105 e. The summed E-state index contributed by atoms with van der Waals surface area (Å²) in [6.07, 6.45) is 5.67. The fourth-order valence-corrected chi connectivity index (χ4v) is 3.47. The lowest BCUT2D eigenvalue weighted by atomic mass is 9.88. The van der Waals surface area contributed by atoms with E-state index in [9.17, 15) is 5.11 Å². The van der Waals surface area contributed by atoms with E-state index < -0.39 is 0 Å². The zero-order chi connectivity index (χ0) is 14.4. The van der Waals surface area contributed by atoms with E-state index in [2.05, 4.69) is 44.3 Å². The summed E-state index contributed by atoms with van der Waals surface area (Å²) in [6.45, 7) is 5.52. The van der Waals surface area contributed by atoms with Gasteiger partial charge in [-0.3, -0.25) is 0 Å². The lowest BCUT2D eigenvalue weighted by Crippen LogP contribution is -3.00. The van der Waals surface area contributed by atoms with Gasteiger partial charge >= 0.3 is 0 Å². The minimum absolute atomic E-state index is 0. The number of likely N-dealkylation sites (N-methyl/N-ethyl adjacent to an activating group) is 1. The van der Waals surface area contributed by atoms with E-state index in [0.717, 1.165) is 29.8 Å². The number of nitrogens with zero attached hydrogens (tertiary/aromatic N) is 1. The highest BCUT2D eigenvalue weighted by Crippen LogP contribution is 2.30. The summed E-state index contributed by atoms with van der Waals surface area (Å²) in [4.78, 5) is 0. The number of halogens is 1. The molecule has 120 valence electrons. The Morgan fingerprint density at radius 3 is 2.38 bits per heavy atom. The highest BCUT2D eigenvalue weighted by molar-refractivity contribution is 5.19. The maximum absolute atomic E-state index is 10.2. The van der Waals surface area contributed by atoms with Gasteiger partial charge < -0.3 is 33.6 Å². The Kier molecular flexibility index (Phi) is 8.21. The van der Waals surface area contributed by atoms with Gasteiger partial charge in [-0.25, -0.2) is 0 Å². The third-order valence-corrected chi connectivity index (χ3v) is 4.85. The van der Waals surface area contributed by atoms with Crippen molar-refractivity contribution in [3.8, 4) is 0 Å². The van der Waals surface area contributed by atoms with Crippen LogP contribution in [0.15, 0.2) is 30.3 Å². The Morgan fingerprint density at radius 2 is 1.81 bits per heavy atom. The molecule has 3 heteroatoms. The average molecular weight is 403 g/mol. The van der Waals surface area contributed by atoms with Gasteiger partial charge in [-0.2, -0.15) is 0 Å². The Morgan fingerprint density at radius 1 is 1.19 bits per heavy atom. The van der Waals surface area contributed by atoms with Crippen molar-refractivity contribution < 1.29 is 33.6 Å². The monoisotopic (exact) mass is 403 g/mol. The van der Waals surface area contributed by atoms with Gasteiger partial charge in [0.1, 0.15) is 12.6 Å². The van der Waals surface area contributed by atoms with Crippen LogP contribution in [-0.4, -0.2) is 42.4 Å². The van der Waals surface area contributed by atoms with E-state index >= 15 is 0 Å². The topological polar surface area (TPSA) is 20.2 Å². The van der Waals surface area contributed by atoms with Gasteiger partial charge in [0.15, 0.2) is 0 Å². The third kappa shape index (κ3) is 5.87. The largest absolute Gasteiger partial charge is 1.00 e. The standard InChI is InChI=1S/C18H30NO.HI/c1-3-4-10-18(20)15-19(2)13-11-17(12-14-19)16-8-6-5-7-9-16;/h5-9,17-18,20H,3-4,10-15H2,1-2H3;1H/q+1;/p-1. The number of likely N-dealkylation sites (tertiary alicyclic amines) is 1. The summed E-state index contributed by atoms with van der Waals surface area (Å²) in [5.41, 5.74) is 1.49. The van der Waals surface area contributed by atoms with Crippen molar-refractivity contribution in [3.63, 3.8) is 0 Å². The van der Waals surface area contributed by atoms with E-state index in [1.54, 1.807) is 0 Å². The number of aliphatic hydroxyl groups is 1. The second-order valence-corrected chi connectivity index (χ2v) is 6.73. The van der Waals surface area contributed by atoms with Crippen LogP contribution in [0.2, 0.25) is 0 Å². The first kappa shape index (κ1) is 18.9. The quantitative estimate of drug-likeness (QED) is 0.544. The van der Waals surface area contributed by atoms with Crippen molar-refractivity contribution >= 4 is 0 Å². The second-order valence-electron chi connectivity index (χ2n) is 6.73. The highest BCUT2D eigenvalue weighted by Gasteiger charge is 2.32. The zero-order valence-corrected chi connectivity index (χ0v) is 15.6. The van der Waals surface area contributed by atoms with Crippen LogP contribution >= 0.6 is 0 Å². The second kappa shape index (κ2) is 9.11. The fourth-order valence-electron chi connectivity index (χ4n) is 3.47. The summed E-state index contributed by atoms with van der Waals surface area (Å²) in [5, 5.41) is 10.2. The molecule has 1 aliphatic heterocycles. The molecule has 1 saturated heterocycles. The lowest BCUT2D eigenvalue weighted by Gasteiger charge is -2.42. The molecule has 0 aromatic heterocycles. The van der Waals surface area contributed by atoms with Gasteiger partial charge in [-0.05, 0) is 17.9 Å². The Hall–Kier alpha value is -0.130. The summed E-state index contributed by atoms with van der Waals surface area (Å²) in [6, 6.07) is 10.9. The maximum Gasteiger partial charge on any atom is 0.105 e. The number of benzene rings is 1. The molecule has 1 aliphatic rings. The third-order valence-electron chi connectivity index (χ3n) is 4.85. The lowest BCUT2D eigenvalue weighted by molar-refractivity contribution is -0.917. The number of unbranched alkanes of at least 4 members (excludes halogenated alkanes) is 1. The van der Waals surface area contributed by atoms with Crippen molar-refractivity contribution in [2.45, 2.75) is 51.0 Å². The zero-order valence-electron chi connectivity index (χ0n) is 13.5. The molecule has 1 atom stereocenters. The Bertz CT molecular complexity index is 387. The number of rotatable bonds is 6. The molecule has 2 rings (SSSR count). The molecule has 1 heterocycles. The van der Waals surface area contributed by atoms with Gasteiger partial charge in [-0.15, -0.1) is 0 Å². The highest BCUT2D eigenvalue weighted by atomic mass is 127. The molecule has 2 nitrogen and oxygen atoms in total. The van der Waals surface area contributed by atoms with Crippen LogP contribution in [0.25, 0.3) is 0 Å². The Balaban J connectivity index is 0.00000220. The summed E-state index contributed by atoms with van der Waals surface area (Å²) >= 11 is 0. The minimum atomic E-state index is -0.117. The van der Waals surface area contributed by atoms with Gasteiger partial charge in [0.2, 0.25) is 0 Å². The van der Waals surface area contributed by atoms with E-state index in [4.69, 9.17) is 0 Å². The van der Waals surface area contributed by atoms with E-state index in [1.165, 1.54) is 37.9 Å². The fraction of sp³-hybridized carbons (Fsp3) is 0.667. The van der Waals surface area contributed by atoms with Crippen LogP contribution < -0.4 is 24.0 Å². The Labute approximate surface area is 147 Å². The molecule has 1 N–H and O–H groups in total. The molecule has 0 radical (unpaired) electrons. The summed E-state index contributed by atoms with van der Waals surface area (Å²) in [7, 11) is 2.32. The van der Waals surface area contributed by atoms with Crippen LogP contribution in [0.4, 0.5) is 0 Å². The molecule has 1 unspecified atom stereocenters. The molecular formula is C18H30INO. The molecule has 21 heavy (non-hydrogen) atoms. The first-order valence-corrected chi connectivity index (χ1v) is 8.19. The first-order chi connectivity index (χ1) is 9.63. The maximum atomic E-state index is 10.2. The average Bonchev–Trinajstić information content (AvgIpc) is 2.46. The predicted octanol–water partition coefficient (Wildman–Crippen LogP) is 0.566. The minimum Gasteiger partial charge on any atom is -1.00 e. The van der Waals surface area contributed by atoms with Crippen molar-refractivity contribution in [1.29, 1.82) is 0 Å². The van der Waals surface area contributed by atoms with Crippen LogP contribution in [0, 0.1) is 0 Å². The van der Waals surface area contributed by atoms with Gasteiger partial charge in [0, 0.05) is 12.8 Å². The molecule has 1 aromatic carbocycles. The van der Waals surface area contributed by atoms with Crippen molar-refractivity contribution in [2.75, 3.05) is 26.7 Å². The molecule has 0 saturated carbocycles. The van der Waals surface area contributed by atoms with Gasteiger partial charge in [0.25, 0.3) is 0 Å². The van der Waals surface area contributed by atoms with E-state index in [1.807, 2.05) is 0 Å². The first-order valence-electron chi connectivity index (χ1n) is 8.19. The number of quaternary nitrogens is 1.